The van der Waals surface area contributed by atoms with Crippen LogP contribution in [0, 0.1) is 0 Å². The van der Waals surface area contributed by atoms with E-state index in [-0.39, 0.29) is 0 Å². The maximum absolute atomic E-state index is 2.34. The first kappa shape index (κ1) is 16.4. The van der Waals surface area contributed by atoms with E-state index in [1.54, 1.807) is 0 Å². The predicted molar refractivity (Wildman–Crippen MR) is 110 cm³/mol. The highest BCUT2D eigenvalue weighted by atomic mass is 15.0. The molecule has 1 nitrogen and oxygen atoms in total. The highest BCUT2D eigenvalue weighted by Crippen LogP contribution is 2.26. The molecule has 0 spiro atoms. The molecule has 1 aromatic heterocycles. The number of benzene rings is 3. The number of aryl methyl sites for hydroxylation is 2. The molecule has 0 saturated heterocycles. The molecule has 4 aromatic rings. The fourth-order valence-electron chi connectivity index (χ4n) is 3.43. The summed E-state index contributed by atoms with van der Waals surface area (Å²) < 4.78 is 2.31. The van der Waals surface area contributed by atoms with Crippen molar-refractivity contribution in [2.75, 3.05) is 0 Å². The van der Waals surface area contributed by atoms with E-state index in [4.69, 9.17) is 0 Å². The Morgan fingerprint density at radius 1 is 0.577 bits per heavy atom. The van der Waals surface area contributed by atoms with Gasteiger partial charge < -0.3 is 4.57 Å². The van der Waals surface area contributed by atoms with Crippen molar-refractivity contribution in [3.63, 3.8) is 0 Å². The number of hydrogen-bond donors (Lipinski definition) is 0. The van der Waals surface area contributed by atoms with Gasteiger partial charge in [-0.2, -0.15) is 0 Å². The minimum Gasteiger partial charge on any atom is -0.316 e. The van der Waals surface area contributed by atoms with Crippen LogP contribution in [0.2, 0.25) is 0 Å². The monoisotopic (exact) mass is 337 g/mol. The zero-order valence-corrected chi connectivity index (χ0v) is 14.9. The van der Waals surface area contributed by atoms with E-state index in [0.29, 0.717) is 0 Å². The molecule has 0 aliphatic carbocycles. The van der Waals surface area contributed by atoms with Crippen molar-refractivity contribution in [3.05, 3.63) is 114 Å². The summed E-state index contributed by atoms with van der Waals surface area (Å²) in [5, 5.41) is 0. The third-order valence-corrected chi connectivity index (χ3v) is 4.75. The van der Waals surface area contributed by atoms with Gasteiger partial charge in [-0.1, -0.05) is 78.9 Å². The van der Waals surface area contributed by atoms with Gasteiger partial charge in [-0.3, -0.25) is 0 Å². The van der Waals surface area contributed by atoms with E-state index in [9.17, 15) is 0 Å². The van der Waals surface area contributed by atoms with Crippen LogP contribution in [0.25, 0.3) is 16.9 Å². The lowest BCUT2D eigenvalue weighted by Gasteiger charge is -2.09. The largest absolute Gasteiger partial charge is 0.316 e. The van der Waals surface area contributed by atoms with Crippen LogP contribution in [0.4, 0.5) is 0 Å². The van der Waals surface area contributed by atoms with Crippen molar-refractivity contribution in [1.82, 2.24) is 4.57 Å². The van der Waals surface area contributed by atoms with Crippen molar-refractivity contribution >= 4 is 0 Å². The molecule has 0 aliphatic rings. The van der Waals surface area contributed by atoms with Crippen LogP contribution in [0.5, 0.6) is 0 Å². The minimum absolute atomic E-state index is 1.09. The maximum atomic E-state index is 2.34. The van der Waals surface area contributed by atoms with Crippen LogP contribution in [0.15, 0.2) is 103 Å². The highest BCUT2D eigenvalue weighted by molar-refractivity contribution is 5.64. The van der Waals surface area contributed by atoms with E-state index in [0.717, 1.165) is 19.3 Å². The number of rotatable bonds is 6. The summed E-state index contributed by atoms with van der Waals surface area (Å²) in [6, 6.07) is 34.3. The number of para-hydroxylation sites is 1. The molecule has 0 N–H and O–H groups in total. The normalized spacial score (nSPS) is 10.8. The quantitative estimate of drug-likeness (QED) is 0.388. The van der Waals surface area contributed by atoms with Gasteiger partial charge in [0.1, 0.15) is 0 Å². The van der Waals surface area contributed by atoms with Crippen LogP contribution < -0.4 is 0 Å². The molecule has 1 heterocycles. The Morgan fingerprint density at radius 2 is 1.15 bits per heavy atom. The molecule has 128 valence electrons. The van der Waals surface area contributed by atoms with E-state index in [2.05, 4.69) is 108 Å². The van der Waals surface area contributed by atoms with Crippen molar-refractivity contribution in [2.45, 2.75) is 19.3 Å². The first-order valence-electron chi connectivity index (χ1n) is 9.26. The SMILES string of the molecule is c1ccc(CCCc2cc(-c3ccccc3)n(-c3ccccc3)c2)cc1. The predicted octanol–water partition coefficient (Wildman–Crippen LogP) is 6.32. The number of nitrogens with zero attached hydrogens (tertiary/aromatic N) is 1. The molecule has 1 heteroatoms. The second-order valence-corrected chi connectivity index (χ2v) is 6.64. The molecule has 0 unspecified atom stereocenters. The Labute approximate surface area is 155 Å². The Hall–Kier alpha value is -3.06. The molecule has 0 amide bonds. The molecular weight excluding hydrogens is 314 g/mol. The van der Waals surface area contributed by atoms with Crippen molar-refractivity contribution in [1.29, 1.82) is 0 Å². The minimum atomic E-state index is 1.09. The Kier molecular flexibility index (Phi) is 4.97. The highest BCUT2D eigenvalue weighted by Gasteiger charge is 2.09. The summed E-state index contributed by atoms with van der Waals surface area (Å²) in [5.41, 5.74) is 6.53. The summed E-state index contributed by atoms with van der Waals surface area (Å²) in [5.74, 6) is 0. The molecular formula is C25H23N. The van der Waals surface area contributed by atoms with E-state index < -0.39 is 0 Å². The van der Waals surface area contributed by atoms with Crippen LogP contribution in [-0.4, -0.2) is 4.57 Å². The van der Waals surface area contributed by atoms with Gasteiger partial charge in [-0.15, -0.1) is 0 Å². The zero-order chi connectivity index (χ0) is 17.6. The van der Waals surface area contributed by atoms with Crippen molar-refractivity contribution < 1.29 is 0 Å². The Morgan fingerprint density at radius 3 is 1.85 bits per heavy atom. The summed E-state index contributed by atoms with van der Waals surface area (Å²) in [6.45, 7) is 0. The first-order chi connectivity index (χ1) is 12.9. The molecule has 3 aromatic carbocycles. The van der Waals surface area contributed by atoms with Gasteiger partial charge in [0.15, 0.2) is 0 Å². The molecule has 0 atom stereocenters. The van der Waals surface area contributed by atoms with Crippen molar-refractivity contribution in [2.24, 2.45) is 0 Å². The second-order valence-electron chi connectivity index (χ2n) is 6.64. The lowest BCUT2D eigenvalue weighted by Crippen LogP contribution is -1.94. The zero-order valence-electron chi connectivity index (χ0n) is 14.9. The fraction of sp³-hybridized carbons (Fsp3) is 0.120. The Balaban J connectivity index is 1.59. The molecule has 0 radical (unpaired) electrons. The topological polar surface area (TPSA) is 4.93 Å². The molecule has 0 bridgehead atoms. The Bertz CT molecular complexity index is 880. The summed E-state index contributed by atoms with van der Waals surface area (Å²) >= 11 is 0. The molecule has 0 aliphatic heterocycles. The lowest BCUT2D eigenvalue weighted by atomic mass is 10.1. The van der Waals surface area contributed by atoms with E-state index in [1.165, 1.54) is 28.1 Å². The summed E-state index contributed by atoms with van der Waals surface area (Å²) in [6.07, 6.45) is 5.67. The molecule has 26 heavy (non-hydrogen) atoms. The smallest absolute Gasteiger partial charge is 0.0531 e. The van der Waals surface area contributed by atoms with Crippen molar-refractivity contribution in [3.8, 4) is 16.9 Å². The van der Waals surface area contributed by atoms with Gasteiger partial charge >= 0.3 is 0 Å². The van der Waals surface area contributed by atoms with Gasteiger partial charge in [0.2, 0.25) is 0 Å². The summed E-state index contributed by atoms with van der Waals surface area (Å²) in [7, 11) is 0. The van der Waals surface area contributed by atoms with Gasteiger partial charge in [-0.25, -0.2) is 0 Å². The van der Waals surface area contributed by atoms with E-state index >= 15 is 0 Å². The average molecular weight is 337 g/mol. The fourth-order valence-corrected chi connectivity index (χ4v) is 3.43. The van der Waals surface area contributed by atoms with E-state index in [1.807, 2.05) is 0 Å². The number of aromatic nitrogens is 1. The standard InChI is InChI=1S/C25H23N/c1-4-11-21(12-5-1)13-10-14-22-19-25(23-15-6-2-7-16-23)26(20-22)24-17-8-3-9-18-24/h1-9,11-12,15-20H,10,13-14H2. The molecule has 0 saturated carbocycles. The molecule has 4 rings (SSSR count). The van der Waals surface area contributed by atoms with Gasteiger partial charge in [-0.05, 0) is 54.2 Å². The van der Waals surface area contributed by atoms with Gasteiger partial charge in [0, 0.05) is 11.9 Å². The lowest BCUT2D eigenvalue weighted by molar-refractivity contribution is 0.820. The van der Waals surface area contributed by atoms with Gasteiger partial charge in [0.05, 0.1) is 5.69 Å². The summed E-state index contributed by atoms with van der Waals surface area (Å²) in [4.78, 5) is 0. The first-order valence-corrected chi connectivity index (χ1v) is 9.26. The average Bonchev–Trinajstić information content (AvgIpc) is 3.14. The van der Waals surface area contributed by atoms with Crippen LogP contribution in [0.1, 0.15) is 17.5 Å². The van der Waals surface area contributed by atoms with Gasteiger partial charge in [0.25, 0.3) is 0 Å². The third-order valence-electron chi connectivity index (χ3n) is 4.75. The second kappa shape index (κ2) is 7.88. The number of hydrogen-bond acceptors (Lipinski definition) is 0. The molecule has 0 fully saturated rings. The van der Waals surface area contributed by atoms with Crippen LogP contribution >= 0.6 is 0 Å². The van der Waals surface area contributed by atoms with Crippen LogP contribution in [0.3, 0.4) is 0 Å². The third kappa shape index (κ3) is 3.78. The van der Waals surface area contributed by atoms with Crippen LogP contribution in [-0.2, 0) is 12.8 Å². The maximum Gasteiger partial charge on any atom is 0.0531 e.